The molecule has 0 amide bonds. The molecule has 0 aromatic carbocycles. The van der Waals surface area contributed by atoms with Crippen molar-refractivity contribution < 1.29 is 9.90 Å². The number of fused-ring (bicyclic) bond motifs is 1. The van der Waals surface area contributed by atoms with Gasteiger partial charge in [-0.1, -0.05) is 12.8 Å². The van der Waals surface area contributed by atoms with Crippen LogP contribution in [-0.4, -0.2) is 39.9 Å². The van der Waals surface area contributed by atoms with Gasteiger partial charge in [0.2, 0.25) is 5.78 Å². The van der Waals surface area contributed by atoms with Gasteiger partial charge in [-0.15, -0.1) is 0 Å². The highest BCUT2D eigenvalue weighted by atomic mass is 16.2. The minimum Gasteiger partial charge on any atom is -0.396 e. The maximum absolute atomic E-state index is 11.9. The number of unbranched alkanes of at least 4 members (excludes halogenated alkanes) is 3. The summed E-state index contributed by atoms with van der Waals surface area (Å²) >= 11 is 0. The third-order valence-electron chi connectivity index (χ3n) is 2.94. The fraction of sp³-hybridized carbons (Fsp3) is 0.583. The van der Waals surface area contributed by atoms with Gasteiger partial charge in [-0.25, -0.2) is 4.98 Å². The van der Waals surface area contributed by atoms with E-state index in [-0.39, 0.29) is 18.9 Å². The van der Waals surface area contributed by atoms with Crippen LogP contribution in [0.1, 0.15) is 36.2 Å². The molecule has 6 nitrogen and oxygen atoms in total. The van der Waals surface area contributed by atoms with Crippen molar-refractivity contribution in [2.75, 3.05) is 18.5 Å². The van der Waals surface area contributed by atoms with Gasteiger partial charge in [0.1, 0.15) is 12.2 Å². The first-order valence-electron chi connectivity index (χ1n) is 6.27. The van der Waals surface area contributed by atoms with Crippen molar-refractivity contribution in [1.82, 2.24) is 9.55 Å². The quantitative estimate of drug-likeness (QED) is 0.740. The summed E-state index contributed by atoms with van der Waals surface area (Å²) in [5.41, 5.74) is 0.620. The summed E-state index contributed by atoms with van der Waals surface area (Å²) in [5, 5.41) is 11.6. The summed E-state index contributed by atoms with van der Waals surface area (Å²) in [6, 6.07) is 0. The Morgan fingerprint density at radius 1 is 1.33 bits per heavy atom. The first-order chi connectivity index (χ1) is 8.83. The summed E-state index contributed by atoms with van der Waals surface area (Å²) in [4.78, 5) is 20.0. The molecule has 1 aliphatic rings. The van der Waals surface area contributed by atoms with Crippen LogP contribution in [0.2, 0.25) is 0 Å². The molecule has 6 heteroatoms. The molecule has 0 saturated heterocycles. The molecular formula is C12H18N4O2. The van der Waals surface area contributed by atoms with E-state index in [4.69, 9.17) is 5.11 Å². The number of hydrogen-bond donors (Lipinski definition) is 2. The van der Waals surface area contributed by atoms with Crippen LogP contribution in [0, 0.1) is 0 Å². The molecule has 0 fully saturated rings. The lowest BCUT2D eigenvalue weighted by Gasteiger charge is -2.06. The lowest BCUT2D eigenvalue weighted by Crippen LogP contribution is -2.11. The van der Waals surface area contributed by atoms with Crippen molar-refractivity contribution >= 4 is 17.9 Å². The van der Waals surface area contributed by atoms with Gasteiger partial charge in [0.15, 0.2) is 5.82 Å². The first-order valence-corrected chi connectivity index (χ1v) is 6.27. The Hall–Kier alpha value is -1.69. The van der Waals surface area contributed by atoms with Crippen LogP contribution in [0.4, 0.5) is 5.82 Å². The number of carbonyl (C=O) groups is 1. The Bertz CT molecular complexity index is 439. The number of nitrogens with zero attached hydrogens (tertiary/aromatic N) is 3. The smallest absolute Gasteiger partial charge is 0.204 e. The maximum atomic E-state index is 11.9. The van der Waals surface area contributed by atoms with Crippen LogP contribution in [0.25, 0.3) is 0 Å². The highest BCUT2D eigenvalue weighted by Crippen LogP contribution is 2.17. The van der Waals surface area contributed by atoms with Crippen LogP contribution >= 0.6 is 0 Å². The molecule has 0 saturated carbocycles. The Morgan fingerprint density at radius 2 is 2.17 bits per heavy atom. The fourth-order valence-electron chi connectivity index (χ4n) is 2.01. The second-order valence-electron chi connectivity index (χ2n) is 4.31. The van der Waals surface area contributed by atoms with E-state index >= 15 is 0 Å². The van der Waals surface area contributed by atoms with Crippen molar-refractivity contribution in [2.45, 2.75) is 32.2 Å². The molecule has 0 spiro atoms. The number of imidazole rings is 1. The number of rotatable bonds is 6. The van der Waals surface area contributed by atoms with E-state index in [1.165, 1.54) is 6.34 Å². The molecular weight excluding hydrogens is 232 g/mol. The molecule has 2 heterocycles. The summed E-state index contributed by atoms with van der Waals surface area (Å²) in [6.07, 6.45) is 7.10. The zero-order valence-electron chi connectivity index (χ0n) is 10.3. The minimum atomic E-state index is -0.000826. The summed E-state index contributed by atoms with van der Waals surface area (Å²) in [6.45, 7) is 1.21. The number of aliphatic hydroxyl groups excluding tert-OH is 1. The van der Waals surface area contributed by atoms with Crippen LogP contribution < -0.4 is 5.32 Å². The van der Waals surface area contributed by atoms with E-state index in [1.54, 1.807) is 6.33 Å². The molecule has 0 atom stereocenters. The van der Waals surface area contributed by atoms with Crippen LogP contribution in [0.3, 0.4) is 0 Å². The van der Waals surface area contributed by atoms with Crippen LogP contribution in [0.15, 0.2) is 11.3 Å². The van der Waals surface area contributed by atoms with Gasteiger partial charge in [-0.3, -0.25) is 9.79 Å². The Labute approximate surface area is 106 Å². The molecule has 1 aromatic rings. The molecule has 1 aromatic heterocycles. The second kappa shape index (κ2) is 6.30. The number of aliphatic imine (C=N–C) groups is 1. The number of aryl methyl sites for hydroxylation is 1. The summed E-state index contributed by atoms with van der Waals surface area (Å²) in [5.74, 6) is 0.593. The van der Waals surface area contributed by atoms with Gasteiger partial charge >= 0.3 is 0 Å². The van der Waals surface area contributed by atoms with E-state index in [0.29, 0.717) is 11.5 Å². The second-order valence-corrected chi connectivity index (χ2v) is 4.31. The zero-order chi connectivity index (χ0) is 12.8. The largest absolute Gasteiger partial charge is 0.396 e. The number of anilines is 1. The van der Waals surface area contributed by atoms with Gasteiger partial charge in [0.05, 0.1) is 12.7 Å². The minimum absolute atomic E-state index is 0.000826. The number of hydrogen-bond acceptors (Lipinski definition) is 5. The van der Waals surface area contributed by atoms with Crippen molar-refractivity contribution in [2.24, 2.45) is 4.99 Å². The van der Waals surface area contributed by atoms with Gasteiger partial charge in [-0.05, 0) is 12.8 Å². The highest BCUT2D eigenvalue weighted by molar-refractivity contribution is 6.04. The lowest BCUT2D eigenvalue weighted by atomic mass is 10.2. The normalized spacial score (nSPS) is 14.2. The number of nitrogens with one attached hydrogen (secondary N) is 1. The molecule has 1 aliphatic heterocycles. The Balaban J connectivity index is 1.94. The topological polar surface area (TPSA) is 79.5 Å². The average molecular weight is 250 g/mol. The number of carbonyl (C=O) groups excluding carboxylic acids is 1. The zero-order valence-corrected chi connectivity index (χ0v) is 10.3. The SMILES string of the molecule is O=C1CN=CNc2ncn(CCCCCCO)c21. The predicted molar refractivity (Wildman–Crippen MR) is 69.1 cm³/mol. The third-order valence-corrected chi connectivity index (χ3v) is 2.94. The van der Waals surface area contributed by atoms with Crippen molar-refractivity contribution in [3.63, 3.8) is 0 Å². The highest BCUT2D eigenvalue weighted by Gasteiger charge is 2.19. The van der Waals surface area contributed by atoms with Gasteiger partial charge < -0.3 is 15.0 Å². The average Bonchev–Trinajstić information content (AvgIpc) is 2.68. The molecule has 18 heavy (non-hydrogen) atoms. The van der Waals surface area contributed by atoms with E-state index in [0.717, 1.165) is 32.2 Å². The Kier molecular flexibility index (Phi) is 4.46. The molecule has 0 bridgehead atoms. The summed E-state index contributed by atoms with van der Waals surface area (Å²) in [7, 11) is 0. The van der Waals surface area contributed by atoms with E-state index < -0.39 is 0 Å². The molecule has 2 rings (SSSR count). The van der Waals surface area contributed by atoms with Crippen molar-refractivity contribution in [1.29, 1.82) is 0 Å². The van der Waals surface area contributed by atoms with Gasteiger partial charge in [0, 0.05) is 13.2 Å². The first kappa shape index (κ1) is 12.8. The standard InChI is InChI=1S/C12H18N4O2/c17-6-4-2-1-3-5-16-9-15-12-11(16)10(18)7-13-8-14-12/h8-9,17H,1-7H2,(H,13,14). The van der Waals surface area contributed by atoms with Crippen LogP contribution in [-0.2, 0) is 6.54 Å². The number of aromatic nitrogens is 2. The monoisotopic (exact) mass is 250 g/mol. The van der Waals surface area contributed by atoms with E-state index in [2.05, 4.69) is 15.3 Å². The predicted octanol–water partition coefficient (Wildman–Crippen LogP) is 1.07. The van der Waals surface area contributed by atoms with Gasteiger partial charge in [-0.2, -0.15) is 0 Å². The van der Waals surface area contributed by atoms with Crippen LogP contribution in [0.5, 0.6) is 0 Å². The van der Waals surface area contributed by atoms with Crippen molar-refractivity contribution in [3.8, 4) is 0 Å². The number of Topliss-reactive ketones (excluding diaryl/α,β-unsaturated/α-hetero) is 1. The molecule has 0 unspecified atom stereocenters. The Morgan fingerprint density at radius 3 is 3.00 bits per heavy atom. The maximum Gasteiger partial charge on any atom is 0.204 e. The van der Waals surface area contributed by atoms with Gasteiger partial charge in [0.25, 0.3) is 0 Å². The van der Waals surface area contributed by atoms with E-state index in [1.807, 2.05) is 4.57 Å². The summed E-state index contributed by atoms with van der Waals surface area (Å²) < 4.78 is 1.89. The third kappa shape index (κ3) is 2.95. The fourth-order valence-corrected chi connectivity index (χ4v) is 2.01. The molecule has 2 N–H and O–H groups in total. The molecule has 98 valence electrons. The molecule has 0 aliphatic carbocycles. The molecule has 0 radical (unpaired) electrons. The van der Waals surface area contributed by atoms with E-state index in [9.17, 15) is 4.79 Å². The number of aliphatic hydroxyl groups is 1. The van der Waals surface area contributed by atoms with Crippen molar-refractivity contribution in [3.05, 3.63) is 12.0 Å². The lowest BCUT2D eigenvalue weighted by molar-refractivity contribution is 0.0994. The number of ketones is 1.